The van der Waals surface area contributed by atoms with Crippen LogP contribution in [0.2, 0.25) is 0 Å². The van der Waals surface area contributed by atoms with Gasteiger partial charge in [-0.15, -0.1) is 0 Å². The van der Waals surface area contributed by atoms with E-state index in [0.717, 1.165) is 16.9 Å². The molecule has 21 heavy (non-hydrogen) atoms. The van der Waals surface area contributed by atoms with Gasteiger partial charge < -0.3 is 9.64 Å². The molecule has 108 valence electrons. The van der Waals surface area contributed by atoms with Gasteiger partial charge in [0, 0.05) is 32.1 Å². The molecule has 0 aliphatic heterocycles. The fourth-order valence-electron chi connectivity index (χ4n) is 1.88. The van der Waals surface area contributed by atoms with Gasteiger partial charge in [0.25, 0.3) is 0 Å². The van der Waals surface area contributed by atoms with E-state index >= 15 is 0 Å². The molecule has 1 aromatic heterocycles. The van der Waals surface area contributed by atoms with Crippen LogP contribution in [-0.2, 0) is 11.3 Å². The molecule has 2 rings (SSSR count). The van der Waals surface area contributed by atoms with Crippen LogP contribution in [0.1, 0.15) is 11.1 Å². The summed E-state index contributed by atoms with van der Waals surface area (Å²) < 4.78 is 5.15. The molecule has 1 heterocycles. The van der Waals surface area contributed by atoms with Crippen LogP contribution in [0.25, 0.3) is 6.08 Å². The molecular weight excluding hydrogens is 264 g/mol. The lowest BCUT2D eigenvalue weighted by atomic mass is 10.2. The summed E-state index contributed by atoms with van der Waals surface area (Å²) in [6.07, 6.45) is 6.82. The Morgan fingerprint density at radius 1 is 1.33 bits per heavy atom. The van der Waals surface area contributed by atoms with Crippen LogP contribution >= 0.6 is 0 Å². The number of carbonyl (C=O) groups excluding carboxylic acids is 1. The highest BCUT2D eigenvalue weighted by atomic mass is 16.5. The van der Waals surface area contributed by atoms with Gasteiger partial charge in [-0.05, 0) is 35.4 Å². The summed E-state index contributed by atoms with van der Waals surface area (Å²) in [5, 5.41) is 0. The molecule has 0 radical (unpaired) electrons. The van der Waals surface area contributed by atoms with E-state index in [1.165, 1.54) is 0 Å². The van der Waals surface area contributed by atoms with Crippen LogP contribution in [-0.4, -0.2) is 29.9 Å². The number of amides is 1. The number of aromatic nitrogens is 1. The van der Waals surface area contributed by atoms with Crippen molar-refractivity contribution >= 4 is 12.0 Å². The van der Waals surface area contributed by atoms with Gasteiger partial charge in [-0.25, -0.2) is 0 Å². The van der Waals surface area contributed by atoms with Gasteiger partial charge in [0.1, 0.15) is 5.75 Å². The maximum absolute atomic E-state index is 12.1. The predicted octanol–water partition coefficient (Wildman–Crippen LogP) is 2.76. The zero-order valence-electron chi connectivity index (χ0n) is 12.2. The number of rotatable bonds is 5. The Kier molecular flexibility index (Phi) is 5.10. The van der Waals surface area contributed by atoms with Gasteiger partial charge in [-0.2, -0.15) is 0 Å². The van der Waals surface area contributed by atoms with Gasteiger partial charge >= 0.3 is 0 Å². The number of pyridine rings is 1. The van der Waals surface area contributed by atoms with Gasteiger partial charge in [0.15, 0.2) is 0 Å². The second-order valence-corrected chi connectivity index (χ2v) is 4.67. The Labute approximate surface area is 124 Å². The summed E-state index contributed by atoms with van der Waals surface area (Å²) in [5.41, 5.74) is 1.93. The van der Waals surface area contributed by atoms with E-state index in [0.29, 0.717) is 6.54 Å². The van der Waals surface area contributed by atoms with Crippen LogP contribution < -0.4 is 4.74 Å². The van der Waals surface area contributed by atoms with Crippen molar-refractivity contribution in [1.82, 2.24) is 9.88 Å². The fourth-order valence-corrected chi connectivity index (χ4v) is 1.88. The van der Waals surface area contributed by atoms with Gasteiger partial charge in [0.2, 0.25) is 5.91 Å². The fraction of sp³-hybridized carbons (Fsp3) is 0.176. The summed E-state index contributed by atoms with van der Waals surface area (Å²) in [5.74, 6) is 0.718. The van der Waals surface area contributed by atoms with Crippen molar-refractivity contribution in [2.75, 3.05) is 14.2 Å². The van der Waals surface area contributed by atoms with Crippen molar-refractivity contribution in [3.8, 4) is 5.75 Å². The third-order valence-electron chi connectivity index (χ3n) is 3.03. The van der Waals surface area contributed by atoms with Crippen LogP contribution in [0.4, 0.5) is 0 Å². The number of hydrogen-bond donors (Lipinski definition) is 0. The van der Waals surface area contributed by atoms with E-state index in [4.69, 9.17) is 4.74 Å². The standard InChI is InChI=1S/C17H18N2O2/c1-19(13-15-6-4-10-18-12-15)17(20)9-8-14-5-3-7-16(11-14)21-2/h3-12H,13H2,1-2H3/b9-8+. The highest BCUT2D eigenvalue weighted by molar-refractivity contribution is 5.91. The second kappa shape index (κ2) is 7.24. The minimum absolute atomic E-state index is 0.0540. The molecule has 2 aromatic rings. The van der Waals surface area contributed by atoms with E-state index in [1.807, 2.05) is 36.4 Å². The first-order valence-corrected chi connectivity index (χ1v) is 6.65. The summed E-state index contributed by atoms with van der Waals surface area (Å²) in [6.45, 7) is 0.537. The van der Waals surface area contributed by atoms with Crippen molar-refractivity contribution in [2.45, 2.75) is 6.54 Å². The van der Waals surface area contributed by atoms with Crippen molar-refractivity contribution in [1.29, 1.82) is 0 Å². The molecule has 4 nitrogen and oxygen atoms in total. The normalized spacial score (nSPS) is 10.6. The lowest BCUT2D eigenvalue weighted by Gasteiger charge is -2.14. The van der Waals surface area contributed by atoms with Crippen molar-refractivity contribution < 1.29 is 9.53 Å². The quantitative estimate of drug-likeness (QED) is 0.792. The number of carbonyl (C=O) groups is 1. The monoisotopic (exact) mass is 282 g/mol. The topological polar surface area (TPSA) is 42.4 Å². The van der Waals surface area contributed by atoms with Crippen LogP contribution in [0.15, 0.2) is 54.9 Å². The molecule has 0 saturated heterocycles. The molecule has 0 bridgehead atoms. The predicted molar refractivity (Wildman–Crippen MR) is 82.7 cm³/mol. The van der Waals surface area contributed by atoms with Gasteiger partial charge in [-0.1, -0.05) is 18.2 Å². The second-order valence-electron chi connectivity index (χ2n) is 4.67. The van der Waals surface area contributed by atoms with Crippen LogP contribution in [0.3, 0.4) is 0 Å². The number of hydrogen-bond acceptors (Lipinski definition) is 3. The third-order valence-corrected chi connectivity index (χ3v) is 3.03. The van der Waals surface area contributed by atoms with Crippen molar-refractivity contribution in [3.05, 3.63) is 66.0 Å². The first-order chi connectivity index (χ1) is 10.2. The molecule has 1 aromatic carbocycles. The summed E-state index contributed by atoms with van der Waals surface area (Å²) >= 11 is 0. The zero-order chi connectivity index (χ0) is 15.1. The largest absolute Gasteiger partial charge is 0.497 e. The highest BCUT2D eigenvalue weighted by Crippen LogP contribution is 2.13. The van der Waals surface area contributed by atoms with Crippen LogP contribution in [0, 0.1) is 0 Å². The third kappa shape index (κ3) is 4.45. The minimum Gasteiger partial charge on any atom is -0.497 e. The lowest BCUT2D eigenvalue weighted by molar-refractivity contribution is -0.125. The average Bonchev–Trinajstić information content (AvgIpc) is 2.53. The first-order valence-electron chi connectivity index (χ1n) is 6.65. The van der Waals surface area contributed by atoms with E-state index in [2.05, 4.69) is 4.98 Å². The number of nitrogens with zero attached hydrogens (tertiary/aromatic N) is 2. The van der Waals surface area contributed by atoms with E-state index in [-0.39, 0.29) is 5.91 Å². The maximum Gasteiger partial charge on any atom is 0.246 e. The molecule has 0 spiro atoms. The van der Waals surface area contributed by atoms with E-state index in [9.17, 15) is 4.79 Å². The summed E-state index contributed by atoms with van der Waals surface area (Å²) in [6, 6.07) is 11.4. The molecule has 0 fully saturated rings. The van der Waals surface area contributed by atoms with Gasteiger partial charge in [-0.3, -0.25) is 9.78 Å². The molecule has 0 aliphatic carbocycles. The highest BCUT2D eigenvalue weighted by Gasteiger charge is 2.05. The Bertz CT molecular complexity index is 624. The molecule has 0 atom stereocenters. The zero-order valence-corrected chi connectivity index (χ0v) is 12.2. The molecule has 1 amide bonds. The molecule has 0 saturated carbocycles. The Morgan fingerprint density at radius 2 is 2.19 bits per heavy atom. The lowest BCUT2D eigenvalue weighted by Crippen LogP contribution is -2.24. The number of benzene rings is 1. The maximum atomic E-state index is 12.1. The Hall–Kier alpha value is -2.62. The van der Waals surface area contributed by atoms with Gasteiger partial charge in [0.05, 0.1) is 7.11 Å². The Morgan fingerprint density at radius 3 is 2.90 bits per heavy atom. The van der Waals surface area contributed by atoms with Crippen molar-refractivity contribution in [2.24, 2.45) is 0 Å². The van der Waals surface area contributed by atoms with Crippen LogP contribution in [0.5, 0.6) is 5.75 Å². The molecular formula is C17H18N2O2. The SMILES string of the molecule is COc1cccc(/C=C/C(=O)N(C)Cc2cccnc2)c1. The summed E-state index contributed by atoms with van der Waals surface area (Å²) in [7, 11) is 3.39. The number of methoxy groups -OCH3 is 1. The molecule has 0 unspecified atom stereocenters. The summed E-state index contributed by atoms with van der Waals surface area (Å²) in [4.78, 5) is 17.7. The molecule has 4 heteroatoms. The van der Waals surface area contributed by atoms with Crippen molar-refractivity contribution in [3.63, 3.8) is 0 Å². The first kappa shape index (κ1) is 14.8. The van der Waals surface area contributed by atoms with E-state index < -0.39 is 0 Å². The number of likely N-dealkylation sites (N-methyl/N-ethyl adjacent to an activating group) is 1. The Balaban J connectivity index is 1.98. The molecule has 0 N–H and O–H groups in total. The molecule has 0 aliphatic rings. The van der Waals surface area contributed by atoms with E-state index in [1.54, 1.807) is 43.6 Å². The minimum atomic E-state index is -0.0540. The smallest absolute Gasteiger partial charge is 0.246 e. The number of ether oxygens (including phenoxy) is 1. The average molecular weight is 282 g/mol.